The van der Waals surface area contributed by atoms with Crippen molar-refractivity contribution in [2.24, 2.45) is 0 Å². The maximum Gasteiger partial charge on any atom is 0.0979 e. The van der Waals surface area contributed by atoms with Crippen molar-refractivity contribution in [2.45, 2.75) is 0 Å². The summed E-state index contributed by atoms with van der Waals surface area (Å²) in [5.41, 5.74) is 14.7. The van der Waals surface area contributed by atoms with Gasteiger partial charge in [-0.25, -0.2) is 4.98 Å². The monoisotopic (exact) mass is 697 g/mol. The van der Waals surface area contributed by atoms with Crippen LogP contribution in [0.1, 0.15) is 0 Å². The molecule has 0 atom stereocenters. The second kappa shape index (κ2) is 11.6. The molecule has 3 heterocycles. The molecule has 0 saturated heterocycles. The summed E-state index contributed by atoms with van der Waals surface area (Å²) in [6, 6.07) is 65.7. The molecule has 3 heteroatoms. The fraction of sp³-hybridized carbons (Fsp3) is 0. The van der Waals surface area contributed by atoms with Gasteiger partial charge in [0.15, 0.2) is 0 Å². The maximum atomic E-state index is 5.35. The van der Waals surface area contributed by atoms with Crippen LogP contribution in [0.2, 0.25) is 0 Å². The Morgan fingerprint density at radius 1 is 0.309 bits per heavy atom. The molecule has 0 N–H and O–H groups in total. The first-order chi connectivity index (χ1) is 27.3. The van der Waals surface area contributed by atoms with Crippen LogP contribution in [-0.4, -0.2) is 14.4 Å². The molecule has 0 fully saturated rings. The molecule has 3 nitrogen and oxygen atoms in total. The molecule has 0 radical (unpaired) electrons. The van der Waals surface area contributed by atoms with E-state index in [0.717, 1.165) is 33.1 Å². The summed E-state index contributed by atoms with van der Waals surface area (Å²) in [7, 11) is 0. The summed E-state index contributed by atoms with van der Waals surface area (Å²) >= 11 is 0. The van der Waals surface area contributed by atoms with Crippen LogP contribution in [0, 0.1) is 0 Å². The van der Waals surface area contributed by atoms with Crippen molar-refractivity contribution in [3.05, 3.63) is 188 Å². The fourth-order valence-electron chi connectivity index (χ4n) is 8.93. The zero-order valence-corrected chi connectivity index (χ0v) is 29.7. The molecule has 9 aromatic carbocycles. The van der Waals surface area contributed by atoms with E-state index in [2.05, 4.69) is 186 Å². The summed E-state index contributed by atoms with van der Waals surface area (Å²) < 4.78 is 2.43. The molecule has 12 aromatic rings. The number of nitrogens with zero attached hydrogens (tertiary/aromatic N) is 3. The molecular weight excluding hydrogens is 667 g/mol. The average Bonchev–Trinajstić information content (AvgIpc) is 3.79. The number of rotatable bonds is 4. The first-order valence-corrected chi connectivity index (χ1v) is 18.8. The molecule has 254 valence electrons. The van der Waals surface area contributed by atoms with Crippen LogP contribution in [-0.2, 0) is 0 Å². The van der Waals surface area contributed by atoms with Crippen LogP contribution >= 0.6 is 0 Å². The van der Waals surface area contributed by atoms with Crippen molar-refractivity contribution < 1.29 is 0 Å². The van der Waals surface area contributed by atoms with E-state index in [-0.39, 0.29) is 0 Å². The molecule has 3 aromatic heterocycles. The van der Waals surface area contributed by atoms with Gasteiger partial charge in [0.05, 0.1) is 39.5 Å². The topological polar surface area (TPSA) is 30.2 Å². The van der Waals surface area contributed by atoms with Crippen molar-refractivity contribution in [3.8, 4) is 44.6 Å². The van der Waals surface area contributed by atoms with Gasteiger partial charge in [-0.3, -0.25) is 4.98 Å². The minimum atomic E-state index is 0.861. The van der Waals surface area contributed by atoms with Gasteiger partial charge >= 0.3 is 0 Å². The van der Waals surface area contributed by atoms with Gasteiger partial charge in [0.1, 0.15) is 0 Å². The number of fused-ring (bicyclic) bond motifs is 12. The Hall–Kier alpha value is -7.36. The van der Waals surface area contributed by atoms with Crippen LogP contribution in [0.4, 0.5) is 0 Å². The standard InChI is InChI=1S/C52H31N3/c1-3-10-32(11-4-1)36-22-25-40-44(28-36)45-29-37(33-12-5-2-6-13-33)23-26-41(45)51-50(40)53-31-47(54-51)35-20-18-34(19-21-35)38-24-27-49-46(30-38)43-16-9-15-42-39-14-7-8-17-48(39)55(49)52(42)43/h1-31H. The Morgan fingerprint density at radius 3 is 1.49 bits per heavy atom. The molecule has 0 unspecified atom stereocenters. The number of aromatic nitrogens is 3. The number of hydrogen-bond donors (Lipinski definition) is 0. The first-order valence-electron chi connectivity index (χ1n) is 18.8. The second-order valence-electron chi connectivity index (χ2n) is 14.6. The summed E-state index contributed by atoms with van der Waals surface area (Å²) in [6.45, 7) is 0. The maximum absolute atomic E-state index is 5.35. The van der Waals surface area contributed by atoms with E-state index >= 15 is 0 Å². The minimum Gasteiger partial charge on any atom is -0.308 e. The van der Waals surface area contributed by atoms with E-state index in [1.165, 1.54) is 82.2 Å². The predicted molar refractivity (Wildman–Crippen MR) is 231 cm³/mol. The third-order valence-electron chi connectivity index (χ3n) is 11.6. The summed E-state index contributed by atoms with van der Waals surface area (Å²) in [5.74, 6) is 0. The Balaban J connectivity index is 0.982. The van der Waals surface area contributed by atoms with Crippen molar-refractivity contribution >= 4 is 70.7 Å². The van der Waals surface area contributed by atoms with Gasteiger partial charge in [-0.1, -0.05) is 152 Å². The molecular formula is C52H31N3. The SMILES string of the molecule is c1ccc(-c2ccc3c(c2)c2cc(-c4ccccc4)ccc2c2nc(-c4ccc(-c5ccc6c(c5)c5cccc7c8ccccc8n6c75)cc4)cnc32)cc1. The number of hydrogen-bond acceptors (Lipinski definition) is 2. The van der Waals surface area contributed by atoms with Crippen LogP contribution in [0.3, 0.4) is 0 Å². The summed E-state index contributed by atoms with van der Waals surface area (Å²) in [5, 5.41) is 9.74. The number of benzene rings is 9. The summed E-state index contributed by atoms with van der Waals surface area (Å²) in [4.78, 5) is 10.5. The van der Waals surface area contributed by atoms with Gasteiger partial charge in [0.2, 0.25) is 0 Å². The average molecular weight is 698 g/mol. The van der Waals surface area contributed by atoms with Crippen molar-refractivity contribution in [1.29, 1.82) is 0 Å². The van der Waals surface area contributed by atoms with Crippen molar-refractivity contribution in [3.63, 3.8) is 0 Å². The molecule has 0 saturated carbocycles. The highest BCUT2D eigenvalue weighted by Crippen LogP contribution is 2.41. The lowest BCUT2D eigenvalue weighted by molar-refractivity contribution is 1.31. The van der Waals surface area contributed by atoms with Gasteiger partial charge in [-0.2, -0.15) is 0 Å². The van der Waals surface area contributed by atoms with Gasteiger partial charge in [-0.05, 0) is 74.5 Å². The lowest BCUT2D eigenvalue weighted by Gasteiger charge is -2.14. The van der Waals surface area contributed by atoms with Crippen LogP contribution in [0.25, 0.3) is 115 Å². The highest BCUT2D eigenvalue weighted by Gasteiger charge is 2.18. The predicted octanol–water partition coefficient (Wildman–Crippen LogP) is 13.8. The number of para-hydroxylation sites is 2. The normalized spacial score (nSPS) is 12.0. The zero-order valence-electron chi connectivity index (χ0n) is 29.7. The molecule has 0 aliphatic carbocycles. The largest absolute Gasteiger partial charge is 0.308 e. The Bertz CT molecular complexity index is 3450. The first kappa shape index (κ1) is 30.1. The molecule has 12 rings (SSSR count). The van der Waals surface area contributed by atoms with E-state index in [0.29, 0.717) is 0 Å². The third kappa shape index (κ3) is 4.50. The zero-order chi connectivity index (χ0) is 36.0. The summed E-state index contributed by atoms with van der Waals surface area (Å²) in [6.07, 6.45) is 1.93. The highest BCUT2D eigenvalue weighted by molar-refractivity contribution is 6.25. The van der Waals surface area contributed by atoms with Gasteiger partial charge in [0, 0.05) is 37.9 Å². The molecule has 0 amide bonds. The van der Waals surface area contributed by atoms with Crippen LogP contribution < -0.4 is 0 Å². The molecule has 0 bridgehead atoms. The van der Waals surface area contributed by atoms with E-state index in [1.54, 1.807) is 0 Å². The Labute approximate surface area is 316 Å². The van der Waals surface area contributed by atoms with Gasteiger partial charge in [0.25, 0.3) is 0 Å². The Kier molecular flexibility index (Phi) is 6.34. The van der Waals surface area contributed by atoms with E-state index < -0.39 is 0 Å². The van der Waals surface area contributed by atoms with Gasteiger partial charge < -0.3 is 4.40 Å². The smallest absolute Gasteiger partial charge is 0.0979 e. The molecule has 0 spiro atoms. The molecule has 0 aliphatic heterocycles. The minimum absolute atomic E-state index is 0.861. The van der Waals surface area contributed by atoms with Crippen molar-refractivity contribution in [2.75, 3.05) is 0 Å². The molecule has 55 heavy (non-hydrogen) atoms. The third-order valence-corrected chi connectivity index (χ3v) is 11.6. The van der Waals surface area contributed by atoms with E-state index in [1.807, 2.05) is 6.20 Å². The quantitative estimate of drug-likeness (QED) is 0.171. The highest BCUT2D eigenvalue weighted by atomic mass is 14.9. The Morgan fingerprint density at radius 2 is 0.800 bits per heavy atom. The van der Waals surface area contributed by atoms with Crippen molar-refractivity contribution in [1.82, 2.24) is 14.4 Å². The molecule has 0 aliphatic rings. The van der Waals surface area contributed by atoms with E-state index in [9.17, 15) is 0 Å². The lowest BCUT2D eigenvalue weighted by Crippen LogP contribution is -1.93. The van der Waals surface area contributed by atoms with Gasteiger partial charge in [-0.15, -0.1) is 0 Å². The van der Waals surface area contributed by atoms with Crippen LogP contribution in [0.5, 0.6) is 0 Å². The fourth-order valence-corrected chi connectivity index (χ4v) is 8.93. The lowest BCUT2D eigenvalue weighted by atomic mass is 9.93. The van der Waals surface area contributed by atoms with E-state index in [4.69, 9.17) is 9.97 Å². The second-order valence-corrected chi connectivity index (χ2v) is 14.6. The van der Waals surface area contributed by atoms with Crippen LogP contribution in [0.15, 0.2) is 188 Å².